The summed E-state index contributed by atoms with van der Waals surface area (Å²) in [7, 11) is 1.59. The van der Waals surface area contributed by atoms with Crippen LogP contribution >= 0.6 is 0 Å². The first-order valence-electron chi connectivity index (χ1n) is 10.2. The molecule has 0 spiro atoms. The van der Waals surface area contributed by atoms with Gasteiger partial charge in [-0.05, 0) is 67.1 Å². The summed E-state index contributed by atoms with van der Waals surface area (Å²) in [6, 6.07) is 12.8. The number of nitrogens with zero attached hydrogens (tertiary/aromatic N) is 3. The van der Waals surface area contributed by atoms with Crippen molar-refractivity contribution in [3.05, 3.63) is 65.0 Å². The molecule has 2 aromatic carbocycles. The quantitative estimate of drug-likeness (QED) is 0.639. The van der Waals surface area contributed by atoms with Crippen molar-refractivity contribution in [2.24, 2.45) is 0 Å². The van der Waals surface area contributed by atoms with E-state index in [-0.39, 0.29) is 18.3 Å². The maximum atomic E-state index is 13.2. The highest BCUT2D eigenvalue weighted by Gasteiger charge is 2.49. The molecule has 1 N–H and O–H groups in total. The predicted octanol–water partition coefficient (Wildman–Crippen LogP) is 3.20. The smallest absolute Gasteiger partial charge is 0.325 e. The Morgan fingerprint density at radius 1 is 1.13 bits per heavy atom. The molecule has 0 bridgehead atoms. The molecule has 1 aliphatic carbocycles. The Kier molecular flexibility index (Phi) is 4.50. The Balaban J connectivity index is 1.36. The van der Waals surface area contributed by atoms with Crippen LogP contribution in [-0.2, 0) is 29.7 Å². The molecule has 1 aliphatic heterocycles. The minimum atomic E-state index is -1.12. The highest BCUT2D eigenvalue weighted by Crippen LogP contribution is 2.33. The maximum absolute atomic E-state index is 13.2. The van der Waals surface area contributed by atoms with Crippen LogP contribution in [0.25, 0.3) is 11.4 Å². The number of hydrogen-bond donors (Lipinski definition) is 1. The zero-order chi connectivity index (χ0) is 21.6. The average Bonchev–Trinajstić information content (AvgIpc) is 3.49. The van der Waals surface area contributed by atoms with E-state index < -0.39 is 11.6 Å². The van der Waals surface area contributed by atoms with Crippen LogP contribution in [0.1, 0.15) is 35.9 Å². The Morgan fingerprint density at radius 2 is 1.90 bits per heavy atom. The number of ether oxygens (including phenoxy) is 1. The van der Waals surface area contributed by atoms with Crippen LogP contribution in [-0.4, -0.2) is 34.1 Å². The Bertz CT molecular complexity index is 1170. The van der Waals surface area contributed by atoms with E-state index in [2.05, 4.69) is 21.5 Å². The lowest BCUT2D eigenvalue weighted by Crippen LogP contribution is -2.41. The van der Waals surface area contributed by atoms with Crippen LogP contribution in [0.4, 0.5) is 4.79 Å². The number of amides is 3. The van der Waals surface area contributed by atoms with Gasteiger partial charge in [-0.3, -0.25) is 9.69 Å². The summed E-state index contributed by atoms with van der Waals surface area (Å²) in [4.78, 5) is 31.3. The van der Waals surface area contributed by atoms with Crippen molar-refractivity contribution in [2.45, 2.75) is 38.3 Å². The molecular weight excluding hydrogens is 396 g/mol. The summed E-state index contributed by atoms with van der Waals surface area (Å²) in [5.74, 6) is 0.955. The van der Waals surface area contributed by atoms with Crippen molar-refractivity contribution in [2.75, 3.05) is 7.11 Å². The summed E-state index contributed by atoms with van der Waals surface area (Å²) in [6.45, 7) is 1.65. The molecule has 1 aromatic heterocycles. The molecule has 2 aliphatic rings. The molecule has 3 amide bonds. The largest absolute Gasteiger partial charge is 0.497 e. The van der Waals surface area contributed by atoms with Crippen molar-refractivity contribution in [3.63, 3.8) is 0 Å². The lowest BCUT2D eigenvalue weighted by molar-refractivity contribution is -0.131. The highest BCUT2D eigenvalue weighted by atomic mass is 16.5. The number of aryl methyl sites for hydroxylation is 2. The third-order valence-electron chi connectivity index (χ3n) is 6.06. The van der Waals surface area contributed by atoms with E-state index in [9.17, 15) is 9.59 Å². The monoisotopic (exact) mass is 418 g/mol. The molecule has 1 saturated heterocycles. The molecule has 0 unspecified atom stereocenters. The van der Waals surface area contributed by atoms with Crippen molar-refractivity contribution >= 4 is 11.9 Å². The molecule has 0 radical (unpaired) electrons. The molecule has 158 valence electrons. The van der Waals surface area contributed by atoms with E-state index in [1.165, 1.54) is 11.1 Å². The van der Waals surface area contributed by atoms with Gasteiger partial charge in [0.25, 0.3) is 5.91 Å². The molecular formula is C23H22N4O4. The van der Waals surface area contributed by atoms with Gasteiger partial charge in [-0.2, -0.15) is 4.98 Å². The van der Waals surface area contributed by atoms with Crippen LogP contribution in [0.3, 0.4) is 0 Å². The summed E-state index contributed by atoms with van der Waals surface area (Å²) >= 11 is 0. The normalized spacial score (nSPS) is 20.1. The zero-order valence-corrected chi connectivity index (χ0v) is 17.3. The van der Waals surface area contributed by atoms with Gasteiger partial charge in [0.15, 0.2) is 0 Å². The number of methoxy groups -OCH3 is 1. The first-order valence-corrected chi connectivity index (χ1v) is 10.2. The van der Waals surface area contributed by atoms with Crippen LogP contribution in [0, 0.1) is 0 Å². The molecule has 3 aromatic rings. The number of carbonyl (C=O) groups is 2. The second kappa shape index (κ2) is 7.23. The number of urea groups is 1. The van der Waals surface area contributed by atoms with E-state index in [0.717, 1.165) is 41.0 Å². The van der Waals surface area contributed by atoms with Crippen molar-refractivity contribution in [1.82, 2.24) is 20.4 Å². The van der Waals surface area contributed by atoms with Crippen LogP contribution in [0.15, 0.2) is 47.0 Å². The number of imide groups is 1. The molecule has 0 saturated carbocycles. The van der Waals surface area contributed by atoms with Gasteiger partial charge in [-0.1, -0.05) is 23.4 Å². The Morgan fingerprint density at radius 3 is 2.68 bits per heavy atom. The molecule has 8 nitrogen and oxygen atoms in total. The number of rotatable bonds is 5. The van der Waals surface area contributed by atoms with Gasteiger partial charge in [0.05, 0.1) is 7.11 Å². The van der Waals surface area contributed by atoms with Gasteiger partial charge >= 0.3 is 6.03 Å². The summed E-state index contributed by atoms with van der Waals surface area (Å²) in [6.07, 6.45) is 3.18. The number of benzene rings is 2. The number of carbonyl (C=O) groups excluding carboxylic acids is 2. The second-order valence-corrected chi connectivity index (χ2v) is 8.02. The SMILES string of the molecule is COc1ccc(-c2noc(CN3C(=O)N[C@@](C)(c4ccc5c(c4)CCC5)C3=O)n2)cc1. The highest BCUT2D eigenvalue weighted by molar-refractivity contribution is 6.07. The minimum Gasteiger partial charge on any atom is -0.497 e. The van der Waals surface area contributed by atoms with Crippen molar-refractivity contribution < 1.29 is 18.8 Å². The molecule has 5 rings (SSSR count). The van der Waals surface area contributed by atoms with E-state index in [1.54, 1.807) is 26.2 Å². The molecule has 8 heteroatoms. The fourth-order valence-electron chi connectivity index (χ4n) is 4.23. The molecule has 1 fully saturated rings. The number of fused-ring (bicyclic) bond motifs is 1. The third-order valence-corrected chi connectivity index (χ3v) is 6.06. The van der Waals surface area contributed by atoms with Gasteiger partial charge in [0.1, 0.15) is 17.8 Å². The fraction of sp³-hybridized carbons (Fsp3) is 0.304. The number of hydrogen-bond acceptors (Lipinski definition) is 6. The van der Waals surface area contributed by atoms with E-state index in [1.807, 2.05) is 24.3 Å². The molecule has 31 heavy (non-hydrogen) atoms. The standard InChI is InChI=1S/C23H22N4O4/c1-23(17-9-6-14-4-3-5-16(14)12-17)21(28)27(22(29)25-23)13-19-24-20(26-31-19)15-7-10-18(30-2)11-8-15/h6-12H,3-5,13H2,1-2H3,(H,25,29)/t23-/m0/s1. The third kappa shape index (κ3) is 3.24. The van der Waals surface area contributed by atoms with Crippen LogP contribution in [0.5, 0.6) is 5.75 Å². The van der Waals surface area contributed by atoms with E-state index >= 15 is 0 Å². The first kappa shape index (κ1) is 19.3. The van der Waals surface area contributed by atoms with Crippen molar-refractivity contribution in [3.8, 4) is 17.1 Å². The number of nitrogens with one attached hydrogen (secondary N) is 1. The zero-order valence-electron chi connectivity index (χ0n) is 17.3. The van der Waals surface area contributed by atoms with Gasteiger partial charge < -0.3 is 14.6 Å². The van der Waals surface area contributed by atoms with Gasteiger partial charge in [0.2, 0.25) is 11.7 Å². The van der Waals surface area contributed by atoms with E-state index in [0.29, 0.717) is 5.82 Å². The van der Waals surface area contributed by atoms with Crippen LogP contribution in [0.2, 0.25) is 0 Å². The first-order chi connectivity index (χ1) is 15.0. The van der Waals surface area contributed by atoms with Gasteiger partial charge in [-0.25, -0.2) is 4.79 Å². The summed E-state index contributed by atoms with van der Waals surface area (Å²) < 4.78 is 10.5. The molecule has 1 atom stereocenters. The minimum absolute atomic E-state index is 0.0889. The lowest BCUT2D eigenvalue weighted by Gasteiger charge is -2.22. The fourth-order valence-corrected chi connectivity index (χ4v) is 4.23. The summed E-state index contributed by atoms with van der Waals surface area (Å²) in [5.41, 5.74) is 2.99. The lowest BCUT2D eigenvalue weighted by atomic mass is 9.90. The summed E-state index contributed by atoms with van der Waals surface area (Å²) in [5, 5.41) is 6.81. The predicted molar refractivity (Wildman–Crippen MR) is 111 cm³/mol. The van der Waals surface area contributed by atoms with Gasteiger partial charge in [-0.15, -0.1) is 0 Å². The average molecular weight is 418 g/mol. The van der Waals surface area contributed by atoms with Crippen LogP contribution < -0.4 is 10.1 Å². The Hall–Kier alpha value is -3.68. The van der Waals surface area contributed by atoms with Gasteiger partial charge in [0, 0.05) is 5.56 Å². The van der Waals surface area contributed by atoms with E-state index in [4.69, 9.17) is 9.26 Å². The number of aromatic nitrogens is 2. The van der Waals surface area contributed by atoms with Crippen molar-refractivity contribution in [1.29, 1.82) is 0 Å². The maximum Gasteiger partial charge on any atom is 0.325 e. The Labute approximate surface area is 179 Å². The second-order valence-electron chi connectivity index (χ2n) is 8.02. The molecule has 2 heterocycles. The topological polar surface area (TPSA) is 97.6 Å².